The highest BCUT2D eigenvalue weighted by Gasteiger charge is 2.30. The van der Waals surface area contributed by atoms with E-state index in [1.165, 1.54) is 31.4 Å². The maximum absolute atomic E-state index is 3.57. The lowest BCUT2D eigenvalue weighted by Crippen LogP contribution is -2.47. The van der Waals surface area contributed by atoms with Crippen LogP contribution in [0.4, 0.5) is 0 Å². The van der Waals surface area contributed by atoms with Gasteiger partial charge in [-0.05, 0) is 37.4 Å². The molecule has 1 aromatic rings. The molecule has 1 saturated carbocycles. The zero-order chi connectivity index (χ0) is 15.1. The van der Waals surface area contributed by atoms with Crippen molar-refractivity contribution in [2.75, 3.05) is 32.7 Å². The van der Waals surface area contributed by atoms with Crippen molar-refractivity contribution in [1.29, 1.82) is 0 Å². The molecule has 1 aliphatic carbocycles. The minimum Gasteiger partial charge on any atom is -0.316 e. The van der Waals surface area contributed by atoms with Gasteiger partial charge in [-0.1, -0.05) is 57.5 Å². The van der Waals surface area contributed by atoms with Crippen molar-refractivity contribution in [1.82, 2.24) is 10.2 Å². The quantitative estimate of drug-likeness (QED) is 0.746. The Hall–Kier alpha value is -0.860. The molecule has 2 heteroatoms. The maximum Gasteiger partial charge on any atom is 0.0177 e. The number of likely N-dealkylation sites (N-methyl/N-ethyl adjacent to an activating group) is 2. The van der Waals surface area contributed by atoms with Crippen LogP contribution in [-0.2, 0) is 5.41 Å². The van der Waals surface area contributed by atoms with Gasteiger partial charge >= 0.3 is 0 Å². The van der Waals surface area contributed by atoms with Crippen LogP contribution in [0.25, 0.3) is 0 Å². The van der Waals surface area contributed by atoms with Gasteiger partial charge in [-0.15, -0.1) is 0 Å². The highest BCUT2D eigenvalue weighted by atomic mass is 15.1. The van der Waals surface area contributed by atoms with E-state index in [-0.39, 0.29) is 5.41 Å². The summed E-state index contributed by atoms with van der Waals surface area (Å²) in [5.41, 5.74) is 1.65. The van der Waals surface area contributed by atoms with Crippen LogP contribution in [0.15, 0.2) is 30.3 Å². The predicted molar refractivity (Wildman–Crippen MR) is 91.8 cm³/mol. The normalized spacial score (nSPS) is 18.5. The molecule has 1 N–H and O–H groups in total. The Balaban J connectivity index is 2.06. The Kier molecular flexibility index (Phi) is 6.25. The minimum atomic E-state index is 0.191. The van der Waals surface area contributed by atoms with Crippen LogP contribution in [0.5, 0.6) is 0 Å². The summed E-state index contributed by atoms with van der Waals surface area (Å²) in [5.74, 6) is 0.948. The molecule has 118 valence electrons. The van der Waals surface area contributed by atoms with E-state index in [0.717, 1.165) is 32.1 Å². The predicted octanol–water partition coefficient (Wildman–Crippen LogP) is 3.68. The van der Waals surface area contributed by atoms with Gasteiger partial charge in [-0.25, -0.2) is 0 Å². The lowest BCUT2D eigenvalue weighted by Gasteiger charge is -2.39. The molecule has 0 aromatic heterocycles. The van der Waals surface area contributed by atoms with Crippen LogP contribution in [0, 0.1) is 5.92 Å². The van der Waals surface area contributed by atoms with E-state index in [4.69, 9.17) is 0 Å². The van der Waals surface area contributed by atoms with Gasteiger partial charge in [0.05, 0.1) is 0 Å². The third-order valence-electron chi connectivity index (χ3n) is 5.00. The van der Waals surface area contributed by atoms with Gasteiger partial charge in [-0.3, -0.25) is 0 Å². The molecule has 0 spiro atoms. The lowest BCUT2D eigenvalue weighted by molar-refractivity contribution is 0.154. The topological polar surface area (TPSA) is 15.3 Å². The maximum atomic E-state index is 3.57. The molecule has 0 aliphatic heterocycles. The summed E-state index contributed by atoms with van der Waals surface area (Å²) >= 11 is 0. The first kappa shape index (κ1) is 16.5. The summed E-state index contributed by atoms with van der Waals surface area (Å²) in [6, 6.07) is 11.0. The van der Waals surface area contributed by atoms with Crippen molar-refractivity contribution in [3.05, 3.63) is 35.9 Å². The van der Waals surface area contributed by atoms with Crippen LogP contribution in [-0.4, -0.2) is 37.6 Å². The number of nitrogens with one attached hydrogen (secondary N) is 1. The first-order valence-electron chi connectivity index (χ1n) is 8.66. The third kappa shape index (κ3) is 4.55. The summed E-state index contributed by atoms with van der Waals surface area (Å²) in [6.45, 7) is 12.6. The van der Waals surface area contributed by atoms with Crippen LogP contribution >= 0.6 is 0 Å². The number of hydrogen-bond donors (Lipinski definition) is 1. The van der Waals surface area contributed by atoms with Gasteiger partial charge in [0, 0.05) is 25.0 Å². The molecule has 1 aromatic carbocycles. The second-order valence-electron chi connectivity index (χ2n) is 6.83. The van der Waals surface area contributed by atoms with Crippen molar-refractivity contribution >= 4 is 0 Å². The second-order valence-corrected chi connectivity index (χ2v) is 6.83. The monoisotopic (exact) mass is 288 g/mol. The Labute approximate surface area is 130 Å². The standard InChI is InChI=1S/C19H32N2/c1-4-20-15-19(3,18-12-7-6-8-13-18)16-21(5-2)14-17-10-9-11-17/h6-8,12-13,17,20H,4-5,9-11,14-16H2,1-3H3. The second kappa shape index (κ2) is 7.95. The van der Waals surface area contributed by atoms with Crippen molar-refractivity contribution in [3.63, 3.8) is 0 Å². The summed E-state index contributed by atoms with van der Waals surface area (Å²) in [6.07, 6.45) is 4.31. The Bertz CT molecular complexity index is 399. The van der Waals surface area contributed by atoms with E-state index in [0.29, 0.717) is 0 Å². The molecule has 1 unspecified atom stereocenters. The first-order chi connectivity index (χ1) is 10.2. The van der Waals surface area contributed by atoms with Gasteiger partial charge in [-0.2, -0.15) is 0 Å². The molecular weight excluding hydrogens is 256 g/mol. The van der Waals surface area contributed by atoms with Gasteiger partial charge in [0.2, 0.25) is 0 Å². The lowest BCUT2D eigenvalue weighted by atomic mass is 9.80. The van der Waals surface area contributed by atoms with E-state index in [2.05, 4.69) is 61.3 Å². The number of benzene rings is 1. The average Bonchev–Trinajstić information content (AvgIpc) is 2.48. The summed E-state index contributed by atoms with van der Waals surface area (Å²) in [7, 11) is 0. The van der Waals surface area contributed by atoms with Gasteiger partial charge in [0.15, 0.2) is 0 Å². The Morgan fingerprint density at radius 3 is 2.43 bits per heavy atom. The molecular formula is C19H32N2. The van der Waals surface area contributed by atoms with Crippen LogP contribution in [0.3, 0.4) is 0 Å². The molecule has 0 amide bonds. The van der Waals surface area contributed by atoms with Crippen molar-refractivity contribution in [2.24, 2.45) is 5.92 Å². The molecule has 2 rings (SSSR count). The summed E-state index contributed by atoms with van der Waals surface area (Å²) in [4.78, 5) is 2.66. The molecule has 1 fully saturated rings. The van der Waals surface area contributed by atoms with Crippen molar-refractivity contribution < 1.29 is 0 Å². The molecule has 2 nitrogen and oxygen atoms in total. The fourth-order valence-electron chi connectivity index (χ4n) is 3.33. The molecule has 0 bridgehead atoms. The van der Waals surface area contributed by atoms with Crippen LogP contribution in [0.2, 0.25) is 0 Å². The van der Waals surface area contributed by atoms with Crippen molar-refractivity contribution in [2.45, 2.75) is 45.4 Å². The van der Waals surface area contributed by atoms with Crippen molar-refractivity contribution in [3.8, 4) is 0 Å². The SMILES string of the molecule is CCNCC(C)(CN(CC)CC1CCC1)c1ccccc1. The largest absolute Gasteiger partial charge is 0.316 e. The highest BCUT2D eigenvalue weighted by molar-refractivity contribution is 5.25. The minimum absolute atomic E-state index is 0.191. The smallest absolute Gasteiger partial charge is 0.0177 e. The molecule has 0 heterocycles. The Morgan fingerprint density at radius 1 is 1.19 bits per heavy atom. The molecule has 0 saturated heterocycles. The fourth-order valence-corrected chi connectivity index (χ4v) is 3.33. The first-order valence-corrected chi connectivity index (χ1v) is 8.66. The summed E-state index contributed by atoms with van der Waals surface area (Å²) in [5, 5.41) is 3.57. The third-order valence-corrected chi connectivity index (χ3v) is 5.00. The van der Waals surface area contributed by atoms with E-state index in [1.54, 1.807) is 0 Å². The number of hydrogen-bond acceptors (Lipinski definition) is 2. The zero-order valence-electron chi connectivity index (χ0n) is 14.1. The van der Waals surface area contributed by atoms with Gasteiger partial charge in [0.1, 0.15) is 0 Å². The van der Waals surface area contributed by atoms with E-state index < -0.39 is 0 Å². The molecule has 1 atom stereocenters. The van der Waals surface area contributed by atoms with E-state index in [9.17, 15) is 0 Å². The molecule has 21 heavy (non-hydrogen) atoms. The highest BCUT2D eigenvalue weighted by Crippen LogP contribution is 2.29. The summed E-state index contributed by atoms with van der Waals surface area (Å²) < 4.78 is 0. The van der Waals surface area contributed by atoms with Gasteiger partial charge < -0.3 is 10.2 Å². The average molecular weight is 288 g/mol. The Morgan fingerprint density at radius 2 is 1.90 bits per heavy atom. The number of nitrogens with zero attached hydrogens (tertiary/aromatic N) is 1. The molecule has 1 aliphatic rings. The van der Waals surface area contributed by atoms with Crippen LogP contribution < -0.4 is 5.32 Å². The zero-order valence-corrected chi connectivity index (χ0v) is 14.1. The van der Waals surface area contributed by atoms with E-state index in [1.807, 2.05) is 0 Å². The fraction of sp³-hybridized carbons (Fsp3) is 0.684. The number of rotatable bonds is 9. The van der Waals surface area contributed by atoms with Gasteiger partial charge in [0.25, 0.3) is 0 Å². The van der Waals surface area contributed by atoms with Crippen LogP contribution in [0.1, 0.15) is 45.6 Å². The van der Waals surface area contributed by atoms with E-state index >= 15 is 0 Å². The molecule has 0 radical (unpaired) electrons.